The van der Waals surface area contributed by atoms with Crippen LogP contribution in [0.5, 0.6) is 5.75 Å². The Bertz CT molecular complexity index is 931. The summed E-state index contributed by atoms with van der Waals surface area (Å²) < 4.78 is 20.1. The first-order chi connectivity index (χ1) is 14.1. The van der Waals surface area contributed by atoms with Crippen LogP contribution in [0.1, 0.15) is 36.5 Å². The summed E-state index contributed by atoms with van der Waals surface area (Å²) in [5.74, 6) is 1.27. The van der Waals surface area contributed by atoms with Crippen LogP contribution in [-0.2, 0) is 28.9 Å². The van der Waals surface area contributed by atoms with Gasteiger partial charge in [-0.3, -0.25) is 14.4 Å². The molecule has 1 amide bonds. The predicted octanol–water partition coefficient (Wildman–Crippen LogP) is 3.63. The molecule has 6 heteroatoms. The Labute approximate surface area is 174 Å². The maximum atomic E-state index is 11.8. The largest absolute Gasteiger partial charge is 0.489 e. The number of hydrogen-bond acceptors (Lipinski definition) is 4. The second-order valence-electron chi connectivity index (χ2n) is 7.84. The molecule has 0 saturated carbocycles. The Balaban J connectivity index is 1.34. The van der Waals surface area contributed by atoms with Gasteiger partial charge in [0.2, 0.25) is 0 Å². The zero-order chi connectivity index (χ0) is 20.2. The zero-order valence-corrected chi connectivity index (χ0v) is 17.4. The van der Waals surface area contributed by atoms with Crippen LogP contribution in [0.2, 0.25) is 0 Å². The minimum absolute atomic E-state index is 0.322. The summed E-state index contributed by atoms with van der Waals surface area (Å²) in [6.45, 7) is 6.18. The van der Waals surface area contributed by atoms with Gasteiger partial charge in [0.1, 0.15) is 12.4 Å². The minimum Gasteiger partial charge on any atom is -0.489 e. The summed E-state index contributed by atoms with van der Waals surface area (Å²) in [7, 11) is -1.47. The number of hydrogen-bond donors (Lipinski definition) is 1. The number of benzene rings is 2. The van der Waals surface area contributed by atoms with Crippen molar-refractivity contribution in [2.24, 2.45) is 5.92 Å². The molecule has 2 aromatic rings. The average molecular weight is 411 g/mol. The molecule has 0 radical (unpaired) electrons. The lowest BCUT2D eigenvalue weighted by Gasteiger charge is -2.30. The number of carbonyl (C=O) groups is 1. The maximum Gasteiger partial charge on any atom is 0.257 e. The van der Waals surface area contributed by atoms with Crippen molar-refractivity contribution in [3.8, 4) is 5.75 Å². The normalized spacial score (nSPS) is 20.4. The quantitative estimate of drug-likeness (QED) is 0.790. The lowest BCUT2D eigenvalue weighted by Crippen LogP contribution is -2.32. The van der Waals surface area contributed by atoms with Crippen molar-refractivity contribution >= 4 is 21.8 Å². The fraction of sp³-hybridized carbons (Fsp3) is 0.348. The summed E-state index contributed by atoms with van der Waals surface area (Å²) in [5, 5.41) is 0. The number of piperidine rings is 1. The van der Waals surface area contributed by atoms with Gasteiger partial charge in [0.15, 0.2) is 11.0 Å². The molecule has 4 rings (SSSR count). The van der Waals surface area contributed by atoms with Crippen molar-refractivity contribution in [2.45, 2.75) is 32.9 Å². The van der Waals surface area contributed by atoms with Crippen molar-refractivity contribution in [3.63, 3.8) is 0 Å². The molecule has 1 saturated heterocycles. The van der Waals surface area contributed by atoms with Crippen LogP contribution in [0.25, 0.3) is 4.91 Å². The molecular formula is C23H26N2O3S. The van der Waals surface area contributed by atoms with Gasteiger partial charge in [0.05, 0.1) is 4.91 Å². The van der Waals surface area contributed by atoms with Gasteiger partial charge in [-0.2, -0.15) is 0 Å². The van der Waals surface area contributed by atoms with E-state index in [-0.39, 0.29) is 5.91 Å². The van der Waals surface area contributed by atoms with Gasteiger partial charge in [-0.1, -0.05) is 43.3 Å². The van der Waals surface area contributed by atoms with Crippen LogP contribution >= 0.6 is 0 Å². The number of nitrogens with one attached hydrogen (secondary N) is 1. The molecule has 0 spiro atoms. The lowest BCUT2D eigenvalue weighted by atomic mass is 9.99. The van der Waals surface area contributed by atoms with E-state index in [4.69, 9.17) is 4.74 Å². The van der Waals surface area contributed by atoms with E-state index in [9.17, 15) is 9.00 Å². The van der Waals surface area contributed by atoms with Gasteiger partial charge < -0.3 is 4.74 Å². The van der Waals surface area contributed by atoms with Gasteiger partial charge in [-0.25, -0.2) is 4.21 Å². The lowest BCUT2D eigenvalue weighted by molar-refractivity contribution is -0.114. The second kappa shape index (κ2) is 8.93. The third-order valence-corrected chi connectivity index (χ3v) is 6.61. The van der Waals surface area contributed by atoms with Gasteiger partial charge in [0.25, 0.3) is 5.91 Å². The molecule has 29 heavy (non-hydrogen) atoms. The summed E-state index contributed by atoms with van der Waals surface area (Å²) in [6, 6.07) is 15.9. The maximum absolute atomic E-state index is 11.8. The molecule has 1 atom stereocenters. The second-order valence-corrected chi connectivity index (χ2v) is 9.02. The van der Waals surface area contributed by atoms with Gasteiger partial charge in [-0.05, 0) is 60.7 Å². The van der Waals surface area contributed by atoms with Crippen LogP contribution < -0.4 is 9.46 Å². The Morgan fingerprint density at radius 2 is 1.83 bits per heavy atom. The van der Waals surface area contributed by atoms with Gasteiger partial charge >= 0.3 is 0 Å². The molecule has 2 aliphatic heterocycles. The third-order valence-electron chi connectivity index (χ3n) is 5.47. The fourth-order valence-corrected chi connectivity index (χ4v) is 4.63. The number of carbonyl (C=O) groups excluding carboxylic acids is 1. The fourth-order valence-electron chi connectivity index (χ4n) is 3.72. The Kier molecular flexibility index (Phi) is 6.11. The van der Waals surface area contributed by atoms with Crippen LogP contribution in [-0.4, -0.2) is 28.1 Å². The monoisotopic (exact) mass is 410 g/mol. The SMILES string of the molecule is CC1CCN(Cc2cccc(COc3ccc(C4=CC(=O)NS4=O)cc3)c2)CC1. The van der Waals surface area contributed by atoms with Crippen LogP contribution in [0.15, 0.2) is 54.6 Å². The summed E-state index contributed by atoms with van der Waals surface area (Å²) in [6.07, 6.45) is 3.95. The van der Waals surface area contributed by atoms with E-state index in [1.807, 2.05) is 24.3 Å². The molecule has 0 aliphatic carbocycles. The van der Waals surface area contributed by atoms with E-state index in [0.717, 1.165) is 29.3 Å². The number of ether oxygens (including phenoxy) is 1. The molecule has 2 aromatic carbocycles. The Morgan fingerprint density at radius 3 is 2.52 bits per heavy atom. The van der Waals surface area contributed by atoms with Crippen molar-refractivity contribution in [1.29, 1.82) is 0 Å². The smallest absolute Gasteiger partial charge is 0.257 e. The third kappa shape index (κ3) is 5.14. The molecule has 1 N–H and O–H groups in total. The summed E-state index contributed by atoms with van der Waals surface area (Å²) >= 11 is 0. The van der Waals surface area contributed by atoms with Crippen molar-refractivity contribution < 1.29 is 13.7 Å². The topological polar surface area (TPSA) is 58.6 Å². The summed E-state index contributed by atoms with van der Waals surface area (Å²) in [4.78, 5) is 14.4. The first-order valence-corrected chi connectivity index (χ1v) is 11.2. The number of nitrogens with zero attached hydrogens (tertiary/aromatic N) is 1. The Hall–Kier alpha value is -2.44. The highest BCUT2D eigenvalue weighted by molar-refractivity contribution is 7.93. The standard InChI is InChI=1S/C23H26N2O3S/c1-17-9-11-25(12-10-17)15-18-3-2-4-19(13-18)16-28-21-7-5-20(6-8-21)22-14-23(26)24-29(22)27/h2-8,13-14,17H,9-12,15-16H2,1H3,(H,24,26). The molecule has 0 bridgehead atoms. The molecule has 5 nitrogen and oxygen atoms in total. The first-order valence-electron chi connectivity index (χ1n) is 10.0. The van der Waals surface area contributed by atoms with Crippen LogP contribution in [0.3, 0.4) is 0 Å². The molecule has 0 aromatic heterocycles. The van der Waals surface area contributed by atoms with E-state index in [1.54, 1.807) is 0 Å². The zero-order valence-electron chi connectivity index (χ0n) is 16.6. The van der Waals surface area contributed by atoms with E-state index >= 15 is 0 Å². The number of likely N-dealkylation sites (tertiary alicyclic amines) is 1. The van der Waals surface area contributed by atoms with Crippen molar-refractivity contribution in [2.75, 3.05) is 13.1 Å². The van der Waals surface area contributed by atoms with Gasteiger partial charge in [-0.15, -0.1) is 0 Å². The molecule has 2 heterocycles. The minimum atomic E-state index is -1.47. The number of amides is 1. The predicted molar refractivity (Wildman–Crippen MR) is 115 cm³/mol. The summed E-state index contributed by atoms with van der Waals surface area (Å²) in [5.41, 5.74) is 3.22. The van der Waals surface area contributed by atoms with E-state index in [2.05, 4.69) is 40.8 Å². The molecular weight excluding hydrogens is 384 g/mol. The highest BCUT2D eigenvalue weighted by Gasteiger charge is 2.20. The molecule has 152 valence electrons. The van der Waals surface area contributed by atoms with E-state index in [1.165, 1.54) is 37.6 Å². The van der Waals surface area contributed by atoms with Crippen molar-refractivity contribution in [1.82, 2.24) is 9.62 Å². The molecule has 1 unspecified atom stereocenters. The van der Waals surface area contributed by atoms with Crippen LogP contribution in [0.4, 0.5) is 0 Å². The van der Waals surface area contributed by atoms with E-state index in [0.29, 0.717) is 11.5 Å². The molecule has 1 fully saturated rings. The average Bonchev–Trinajstić information content (AvgIpc) is 3.07. The van der Waals surface area contributed by atoms with Crippen LogP contribution in [0, 0.1) is 5.92 Å². The number of rotatable bonds is 6. The molecule has 2 aliphatic rings. The van der Waals surface area contributed by atoms with Crippen molar-refractivity contribution in [3.05, 3.63) is 71.3 Å². The highest BCUT2D eigenvalue weighted by atomic mass is 32.2. The van der Waals surface area contributed by atoms with Gasteiger partial charge in [0, 0.05) is 12.6 Å². The first kappa shape index (κ1) is 19.9. The van der Waals surface area contributed by atoms with E-state index < -0.39 is 11.0 Å². The Morgan fingerprint density at radius 1 is 1.10 bits per heavy atom. The highest BCUT2D eigenvalue weighted by Crippen LogP contribution is 2.24.